The van der Waals surface area contributed by atoms with E-state index in [1.54, 1.807) is 0 Å². The van der Waals surface area contributed by atoms with E-state index in [0.717, 1.165) is 36.8 Å². The molecule has 3 N–H and O–H groups in total. The summed E-state index contributed by atoms with van der Waals surface area (Å²) in [5.74, 6) is 3.59. The predicted octanol–water partition coefficient (Wildman–Crippen LogP) is 5.19. The average molecular weight is 437 g/mol. The molecule has 0 atom stereocenters. The molecule has 0 aromatic carbocycles. The Hall–Kier alpha value is -1.59. The molecule has 0 bridgehead atoms. The van der Waals surface area contributed by atoms with Crippen LogP contribution in [0.5, 0.6) is 0 Å². The molecule has 0 aromatic heterocycles. The SMILES string of the molecule is CC(C)N=C(CC(CC(=NC(C)C)NC(C)C)CC(=NC(C)C)NC(C)C)NC(C)C. The second-order valence-corrected chi connectivity index (χ2v) is 10.4. The van der Waals surface area contributed by atoms with Crippen LogP contribution in [0.3, 0.4) is 0 Å². The van der Waals surface area contributed by atoms with Crippen LogP contribution in [0.4, 0.5) is 0 Å². The van der Waals surface area contributed by atoms with Crippen LogP contribution in [0, 0.1) is 5.92 Å². The van der Waals surface area contributed by atoms with Crippen molar-refractivity contribution < 1.29 is 0 Å². The van der Waals surface area contributed by atoms with Gasteiger partial charge in [0.1, 0.15) is 0 Å². The fourth-order valence-electron chi connectivity index (χ4n) is 3.42. The lowest BCUT2D eigenvalue weighted by molar-refractivity contribution is 0.545. The molecule has 0 rings (SSSR count). The average Bonchev–Trinajstić information content (AvgIpc) is 2.50. The smallest absolute Gasteiger partial charge is 0.0971 e. The molecule has 0 unspecified atom stereocenters. The highest BCUT2D eigenvalue weighted by molar-refractivity contribution is 5.88. The number of nitrogens with zero attached hydrogens (tertiary/aromatic N) is 3. The topological polar surface area (TPSA) is 73.2 Å². The normalized spacial score (nSPS) is 15.1. The number of rotatable bonds is 12. The lowest BCUT2D eigenvalue weighted by Crippen LogP contribution is -2.38. The van der Waals surface area contributed by atoms with E-state index in [1.165, 1.54) is 0 Å². The van der Waals surface area contributed by atoms with Crippen LogP contribution in [0.25, 0.3) is 0 Å². The maximum Gasteiger partial charge on any atom is 0.0971 e. The third-order valence-electron chi connectivity index (χ3n) is 4.05. The standard InChI is InChI=1S/C25H52N6/c1-16(2)26-23(27-17(3)4)13-22(14-24(28-18(5)6)29-19(7)8)15-25(30-20(9)10)31-21(11)12/h16-22H,13-15H2,1-12H3,(H,26,27)(H,28,29)(H,30,31). The summed E-state index contributed by atoms with van der Waals surface area (Å²) in [6, 6.07) is 1.85. The van der Waals surface area contributed by atoms with E-state index in [4.69, 9.17) is 15.0 Å². The molecule has 6 nitrogen and oxygen atoms in total. The Bertz CT molecular complexity index is 490. The molecule has 0 amide bonds. The van der Waals surface area contributed by atoms with Crippen LogP contribution in [-0.2, 0) is 0 Å². The van der Waals surface area contributed by atoms with Crippen LogP contribution in [0.1, 0.15) is 102 Å². The number of amidine groups is 3. The Morgan fingerprint density at radius 3 is 0.839 bits per heavy atom. The van der Waals surface area contributed by atoms with Crippen molar-refractivity contribution in [2.75, 3.05) is 0 Å². The Labute approximate surface area is 193 Å². The summed E-state index contributed by atoms with van der Waals surface area (Å²) in [4.78, 5) is 14.7. The predicted molar refractivity (Wildman–Crippen MR) is 140 cm³/mol. The summed E-state index contributed by atoms with van der Waals surface area (Å²) in [6.45, 7) is 25.8. The Kier molecular flexibility index (Phi) is 14.5. The third-order valence-corrected chi connectivity index (χ3v) is 4.05. The molecule has 0 aliphatic heterocycles. The van der Waals surface area contributed by atoms with Gasteiger partial charge in [-0.15, -0.1) is 0 Å². The zero-order valence-corrected chi connectivity index (χ0v) is 22.5. The minimum absolute atomic E-state index is 0.261. The fourth-order valence-corrected chi connectivity index (χ4v) is 3.42. The van der Waals surface area contributed by atoms with E-state index in [-0.39, 0.29) is 18.1 Å². The van der Waals surface area contributed by atoms with Crippen LogP contribution in [-0.4, -0.2) is 53.8 Å². The first kappa shape index (κ1) is 29.4. The van der Waals surface area contributed by atoms with E-state index >= 15 is 0 Å². The maximum atomic E-state index is 4.90. The second-order valence-electron chi connectivity index (χ2n) is 10.4. The lowest BCUT2D eigenvalue weighted by atomic mass is 9.94. The van der Waals surface area contributed by atoms with Crippen molar-refractivity contribution in [3.63, 3.8) is 0 Å². The number of nitrogens with one attached hydrogen (secondary N) is 3. The highest BCUT2D eigenvalue weighted by Crippen LogP contribution is 2.18. The molecule has 31 heavy (non-hydrogen) atoms. The van der Waals surface area contributed by atoms with Crippen LogP contribution in [0.2, 0.25) is 0 Å². The van der Waals surface area contributed by atoms with Crippen molar-refractivity contribution in [3.05, 3.63) is 0 Å². The van der Waals surface area contributed by atoms with Gasteiger partial charge in [-0.1, -0.05) is 0 Å². The van der Waals surface area contributed by atoms with Gasteiger partial charge in [0.25, 0.3) is 0 Å². The van der Waals surface area contributed by atoms with E-state index in [0.29, 0.717) is 24.0 Å². The quantitative estimate of drug-likeness (QED) is 0.291. The van der Waals surface area contributed by atoms with E-state index in [1.807, 2.05) is 0 Å². The molecule has 6 heteroatoms. The van der Waals surface area contributed by atoms with E-state index in [2.05, 4.69) is 99.0 Å². The highest BCUT2D eigenvalue weighted by Gasteiger charge is 2.20. The van der Waals surface area contributed by atoms with E-state index in [9.17, 15) is 0 Å². The molecule has 0 aliphatic carbocycles. The van der Waals surface area contributed by atoms with Gasteiger partial charge in [-0.3, -0.25) is 15.0 Å². The fraction of sp³-hybridized carbons (Fsp3) is 0.880. The largest absolute Gasteiger partial charge is 0.372 e. The Balaban J connectivity index is 5.95. The first-order valence-electron chi connectivity index (χ1n) is 12.3. The summed E-state index contributed by atoms with van der Waals surface area (Å²) in [7, 11) is 0. The summed E-state index contributed by atoms with van der Waals surface area (Å²) in [5.41, 5.74) is 0. The number of hydrogen-bond donors (Lipinski definition) is 3. The van der Waals surface area contributed by atoms with Gasteiger partial charge in [0.15, 0.2) is 0 Å². The Morgan fingerprint density at radius 1 is 0.452 bits per heavy atom. The van der Waals surface area contributed by atoms with Crippen molar-refractivity contribution in [2.24, 2.45) is 20.9 Å². The van der Waals surface area contributed by atoms with Gasteiger partial charge in [0.05, 0.1) is 17.5 Å². The van der Waals surface area contributed by atoms with Crippen molar-refractivity contribution in [2.45, 2.75) is 139 Å². The highest BCUT2D eigenvalue weighted by atomic mass is 15.0. The minimum atomic E-state index is 0.261. The molecule has 182 valence electrons. The van der Waals surface area contributed by atoms with Gasteiger partial charge in [0.2, 0.25) is 0 Å². The number of aliphatic imine (C=N–C) groups is 3. The molecule has 0 spiro atoms. The summed E-state index contributed by atoms with van der Waals surface area (Å²) in [5, 5.41) is 10.7. The summed E-state index contributed by atoms with van der Waals surface area (Å²) in [6.07, 6.45) is 2.64. The zero-order chi connectivity index (χ0) is 24.1. The van der Waals surface area contributed by atoms with Crippen LogP contribution in [0.15, 0.2) is 15.0 Å². The monoisotopic (exact) mass is 436 g/mol. The van der Waals surface area contributed by atoms with Crippen molar-refractivity contribution in [1.82, 2.24) is 16.0 Å². The molecule has 0 radical (unpaired) electrons. The second kappa shape index (κ2) is 15.3. The molecule has 0 fully saturated rings. The first-order valence-corrected chi connectivity index (χ1v) is 12.3. The van der Waals surface area contributed by atoms with Gasteiger partial charge in [-0.25, -0.2) is 0 Å². The Morgan fingerprint density at radius 2 is 0.677 bits per heavy atom. The zero-order valence-electron chi connectivity index (χ0n) is 22.5. The number of hydrogen-bond acceptors (Lipinski definition) is 3. The van der Waals surface area contributed by atoms with Gasteiger partial charge in [-0.05, 0) is 89.0 Å². The summed E-state index contributed by atoms with van der Waals surface area (Å²) < 4.78 is 0. The lowest BCUT2D eigenvalue weighted by Gasteiger charge is -2.25. The molecule has 0 aromatic rings. The minimum Gasteiger partial charge on any atom is -0.372 e. The molecule has 0 aliphatic rings. The molecule has 0 saturated heterocycles. The van der Waals surface area contributed by atoms with Crippen molar-refractivity contribution >= 4 is 17.5 Å². The maximum absolute atomic E-state index is 4.90. The van der Waals surface area contributed by atoms with Gasteiger partial charge >= 0.3 is 0 Å². The molecule has 0 saturated carbocycles. The van der Waals surface area contributed by atoms with Crippen molar-refractivity contribution in [3.8, 4) is 0 Å². The molecule has 0 heterocycles. The van der Waals surface area contributed by atoms with Crippen LogP contribution < -0.4 is 16.0 Å². The molecular weight excluding hydrogens is 384 g/mol. The molecular formula is C25H52N6. The van der Waals surface area contributed by atoms with Gasteiger partial charge in [-0.2, -0.15) is 0 Å². The summed E-state index contributed by atoms with van der Waals surface area (Å²) >= 11 is 0. The van der Waals surface area contributed by atoms with Crippen LogP contribution >= 0.6 is 0 Å². The van der Waals surface area contributed by atoms with Gasteiger partial charge in [0, 0.05) is 55.5 Å². The van der Waals surface area contributed by atoms with Gasteiger partial charge < -0.3 is 16.0 Å². The van der Waals surface area contributed by atoms with Crippen molar-refractivity contribution in [1.29, 1.82) is 0 Å². The third kappa shape index (κ3) is 16.7. The first-order chi connectivity index (χ1) is 14.3. The van der Waals surface area contributed by atoms with E-state index < -0.39 is 0 Å².